The molecule has 54 valence electrons. The summed E-state index contributed by atoms with van der Waals surface area (Å²) >= 11 is 12.9. The summed E-state index contributed by atoms with van der Waals surface area (Å²) in [6, 6.07) is 1.85. The molecule has 0 aromatic carbocycles. The van der Waals surface area contributed by atoms with Gasteiger partial charge < -0.3 is 0 Å². The molecule has 3 heteroatoms. The smallest absolute Gasteiger partial charge is 0.0589 e. The first-order chi connectivity index (χ1) is 4.75. The summed E-state index contributed by atoms with van der Waals surface area (Å²) < 4.78 is 0. The Kier molecular flexibility index (Phi) is 2.78. The number of halogens is 2. The highest BCUT2D eigenvalue weighted by molar-refractivity contribution is 7.11. The molecule has 0 N–H and O–H groups in total. The van der Waals surface area contributed by atoms with Gasteiger partial charge in [-0.15, -0.1) is 22.9 Å². The van der Waals surface area contributed by atoms with Gasteiger partial charge in [0.15, 0.2) is 0 Å². The largest absolute Gasteiger partial charge is 0.143 e. The van der Waals surface area contributed by atoms with Crippen LogP contribution in [0.1, 0.15) is 4.88 Å². The number of hydrogen-bond donors (Lipinski definition) is 0. The zero-order valence-corrected chi connectivity index (χ0v) is 7.56. The maximum atomic E-state index is 5.80. The molecule has 0 unspecified atom stereocenters. The topological polar surface area (TPSA) is 0 Å². The minimum Gasteiger partial charge on any atom is -0.143 e. The van der Waals surface area contributed by atoms with Gasteiger partial charge in [-0.3, -0.25) is 0 Å². The second kappa shape index (κ2) is 3.42. The molecule has 0 amide bonds. The van der Waals surface area contributed by atoms with E-state index >= 15 is 0 Å². The first-order valence-electron chi connectivity index (χ1n) is 2.73. The zero-order valence-electron chi connectivity index (χ0n) is 5.23. The van der Waals surface area contributed by atoms with Crippen LogP contribution in [-0.4, -0.2) is 5.88 Å². The summed E-state index contributed by atoms with van der Waals surface area (Å²) in [4.78, 5) is 0.997. The van der Waals surface area contributed by atoms with Gasteiger partial charge in [0.2, 0.25) is 0 Å². The molecule has 0 radical (unpaired) electrons. The van der Waals surface area contributed by atoms with Crippen LogP contribution in [0.5, 0.6) is 0 Å². The van der Waals surface area contributed by atoms with E-state index in [4.69, 9.17) is 23.2 Å². The molecule has 0 atom stereocenters. The number of thiophene rings is 1. The van der Waals surface area contributed by atoms with E-state index in [1.807, 2.05) is 11.4 Å². The number of alkyl halides is 1. The summed E-state index contributed by atoms with van der Waals surface area (Å²) in [5, 5.41) is 2.67. The van der Waals surface area contributed by atoms with Gasteiger partial charge in [0.25, 0.3) is 0 Å². The van der Waals surface area contributed by atoms with Crippen molar-refractivity contribution in [2.45, 2.75) is 0 Å². The molecule has 0 spiro atoms. The zero-order chi connectivity index (χ0) is 7.56. The minimum absolute atomic E-state index is 0.445. The predicted octanol–water partition coefficient (Wildman–Crippen LogP) is 3.65. The Hall–Kier alpha value is 0.0200. The van der Waals surface area contributed by atoms with Gasteiger partial charge in [-0.05, 0) is 17.0 Å². The monoisotopic (exact) mass is 192 g/mol. The molecule has 0 aliphatic rings. The van der Waals surface area contributed by atoms with Gasteiger partial charge in [-0.25, -0.2) is 0 Å². The molecule has 1 aromatic heterocycles. The predicted molar refractivity (Wildman–Crippen MR) is 49.1 cm³/mol. The van der Waals surface area contributed by atoms with E-state index in [9.17, 15) is 0 Å². The quantitative estimate of drug-likeness (QED) is 0.629. The van der Waals surface area contributed by atoms with E-state index in [-0.39, 0.29) is 0 Å². The van der Waals surface area contributed by atoms with Crippen LogP contribution in [0.15, 0.2) is 18.0 Å². The Bertz CT molecular complexity index is 240. The second-order valence-electron chi connectivity index (χ2n) is 1.83. The van der Waals surface area contributed by atoms with Gasteiger partial charge in [0.05, 0.1) is 5.02 Å². The third-order valence-electron chi connectivity index (χ3n) is 1.10. The second-order valence-corrected chi connectivity index (χ2v) is 3.43. The maximum Gasteiger partial charge on any atom is 0.0589 e. The highest BCUT2D eigenvalue weighted by Crippen LogP contribution is 2.28. The van der Waals surface area contributed by atoms with Crippen LogP contribution < -0.4 is 0 Å². The molecule has 1 aromatic rings. The van der Waals surface area contributed by atoms with Crippen LogP contribution in [0.2, 0.25) is 5.02 Å². The molecule has 1 heterocycles. The lowest BCUT2D eigenvalue weighted by molar-refractivity contribution is 1.75. The van der Waals surface area contributed by atoms with Crippen LogP contribution in [0.4, 0.5) is 0 Å². The van der Waals surface area contributed by atoms with E-state index in [1.165, 1.54) is 0 Å². The van der Waals surface area contributed by atoms with Crippen molar-refractivity contribution < 1.29 is 0 Å². The van der Waals surface area contributed by atoms with Crippen LogP contribution in [0.3, 0.4) is 0 Å². The molecule has 1 rings (SSSR count). The van der Waals surface area contributed by atoms with E-state index < -0.39 is 0 Å². The Morgan fingerprint density at radius 3 is 2.80 bits per heavy atom. The average Bonchev–Trinajstić information content (AvgIpc) is 2.34. The third kappa shape index (κ3) is 1.54. The van der Waals surface area contributed by atoms with Crippen LogP contribution >= 0.6 is 34.5 Å². The van der Waals surface area contributed by atoms with E-state index in [2.05, 4.69) is 6.58 Å². The summed E-state index contributed by atoms with van der Waals surface area (Å²) in [7, 11) is 0. The summed E-state index contributed by atoms with van der Waals surface area (Å²) in [6.45, 7) is 3.77. The Balaban J connectivity index is 2.93. The Labute approximate surface area is 74.1 Å². The molecule has 0 nitrogen and oxygen atoms in total. The van der Waals surface area contributed by atoms with Gasteiger partial charge in [0, 0.05) is 10.8 Å². The lowest BCUT2D eigenvalue weighted by Gasteiger charge is -1.95. The van der Waals surface area contributed by atoms with Gasteiger partial charge in [-0.1, -0.05) is 18.2 Å². The fourth-order valence-corrected chi connectivity index (χ4v) is 1.98. The van der Waals surface area contributed by atoms with E-state index in [0.29, 0.717) is 5.88 Å². The molecule has 0 aliphatic heterocycles. The van der Waals surface area contributed by atoms with Gasteiger partial charge in [-0.2, -0.15) is 0 Å². The highest BCUT2D eigenvalue weighted by atomic mass is 35.5. The SMILES string of the molecule is C=C(CCl)c1sccc1Cl. The van der Waals surface area contributed by atoms with Crippen molar-refractivity contribution in [1.29, 1.82) is 0 Å². The van der Waals surface area contributed by atoms with Crippen LogP contribution in [0, 0.1) is 0 Å². The molecule has 0 aliphatic carbocycles. The van der Waals surface area contributed by atoms with E-state index in [0.717, 1.165) is 15.5 Å². The molecular weight excluding hydrogens is 187 g/mol. The van der Waals surface area contributed by atoms with Gasteiger partial charge >= 0.3 is 0 Å². The van der Waals surface area contributed by atoms with Crippen molar-refractivity contribution in [3.8, 4) is 0 Å². The first-order valence-corrected chi connectivity index (χ1v) is 4.52. The van der Waals surface area contributed by atoms with Gasteiger partial charge in [0.1, 0.15) is 0 Å². The lowest BCUT2D eigenvalue weighted by atomic mass is 10.3. The fraction of sp³-hybridized carbons (Fsp3) is 0.143. The number of rotatable bonds is 2. The van der Waals surface area contributed by atoms with E-state index in [1.54, 1.807) is 11.3 Å². The molecule has 0 saturated heterocycles. The summed E-state index contributed by atoms with van der Waals surface area (Å²) in [6.07, 6.45) is 0. The Morgan fingerprint density at radius 1 is 1.70 bits per heavy atom. The fourth-order valence-electron chi connectivity index (χ4n) is 0.607. The van der Waals surface area contributed by atoms with Crippen molar-refractivity contribution in [3.05, 3.63) is 27.9 Å². The maximum absolute atomic E-state index is 5.80. The number of hydrogen-bond acceptors (Lipinski definition) is 1. The van der Waals surface area contributed by atoms with Crippen molar-refractivity contribution in [1.82, 2.24) is 0 Å². The lowest BCUT2D eigenvalue weighted by Crippen LogP contribution is -1.77. The third-order valence-corrected chi connectivity index (χ3v) is 2.87. The standard InChI is InChI=1S/C7H6Cl2S/c1-5(4-8)7-6(9)2-3-10-7/h2-3H,1,4H2. The van der Waals surface area contributed by atoms with Crippen molar-refractivity contribution in [3.63, 3.8) is 0 Å². The van der Waals surface area contributed by atoms with Crippen LogP contribution in [0.25, 0.3) is 5.57 Å². The summed E-state index contributed by atoms with van der Waals surface area (Å²) in [5.41, 5.74) is 0.890. The number of allylic oxidation sites excluding steroid dienone is 1. The molecule has 0 saturated carbocycles. The molecular formula is C7H6Cl2S. The average molecular weight is 193 g/mol. The van der Waals surface area contributed by atoms with Crippen molar-refractivity contribution in [2.75, 3.05) is 5.88 Å². The van der Waals surface area contributed by atoms with Crippen molar-refractivity contribution >= 4 is 40.1 Å². The normalized spacial score (nSPS) is 9.80. The highest BCUT2D eigenvalue weighted by Gasteiger charge is 2.03. The van der Waals surface area contributed by atoms with Crippen molar-refractivity contribution in [2.24, 2.45) is 0 Å². The first kappa shape index (κ1) is 8.12. The van der Waals surface area contributed by atoms with Crippen LogP contribution in [-0.2, 0) is 0 Å². The molecule has 0 bridgehead atoms. The summed E-state index contributed by atoms with van der Waals surface area (Å²) in [5.74, 6) is 0.445. The minimum atomic E-state index is 0.445. The Morgan fingerprint density at radius 2 is 2.40 bits per heavy atom. The molecule has 0 fully saturated rings. The molecule has 10 heavy (non-hydrogen) atoms.